The molecule has 0 N–H and O–H groups in total. The molecule has 0 amide bonds. The van der Waals surface area contributed by atoms with E-state index in [1.807, 2.05) is 18.2 Å². The van der Waals surface area contributed by atoms with Gasteiger partial charge in [-0.3, -0.25) is 4.79 Å². The molecule has 0 aliphatic rings. The molecule has 0 bridgehead atoms. The van der Waals surface area contributed by atoms with Gasteiger partial charge in [0, 0.05) is 11.3 Å². The Labute approximate surface area is 101 Å². The lowest BCUT2D eigenvalue weighted by Gasteiger charge is -2.07. The van der Waals surface area contributed by atoms with Gasteiger partial charge in [-0.2, -0.15) is 0 Å². The lowest BCUT2D eigenvalue weighted by molar-refractivity contribution is 0.108. The average molecular weight is 232 g/mol. The summed E-state index contributed by atoms with van der Waals surface area (Å²) in [6, 6.07) is 5.66. The van der Waals surface area contributed by atoms with E-state index >= 15 is 0 Å². The molecule has 0 heterocycles. The Bertz CT molecular complexity index is 407. The van der Waals surface area contributed by atoms with Gasteiger partial charge in [0.1, 0.15) is 0 Å². The minimum atomic E-state index is 0.112. The zero-order chi connectivity index (χ0) is 12.0. The summed E-state index contributed by atoms with van der Waals surface area (Å²) in [6.45, 7) is 9.55. The quantitative estimate of drug-likeness (QED) is 0.754. The SMILES string of the molecule is C=Cc1cccc(C(=O)SCCC)c1C=C. The van der Waals surface area contributed by atoms with Crippen LogP contribution in [-0.2, 0) is 0 Å². The number of carbonyl (C=O) groups is 1. The maximum Gasteiger partial charge on any atom is 0.219 e. The van der Waals surface area contributed by atoms with E-state index in [2.05, 4.69) is 20.1 Å². The number of benzene rings is 1. The molecule has 0 saturated heterocycles. The van der Waals surface area contributed by atoms with E-state index in [4.69, 9.17) is 0 Å². The molecule has 0 saturated carbocycles. The van der Waals surface area contributed by atoms with Gasteiger partial charge in [0.2, 0.25) is 5.12 Å². The lowest BCUT2D eigenvalue weighted by Crippen LogP contribution is -1.99. The van der Waals surface area contributed by atoms with Crippen molar-refractivity contribution in [3.8, 4) is 0 Å². The van der Waals surface area contributed by atoms with Crippen molar-refractivity contribution in [2.75, 3.05) is 5.75 Å². The molecule has 0 aliphatic heterocycles. The Balaban J connectivity index is 3.07. The van der Waals surface area contributed by atoms with Crippen LogP contribution in [0.1, 0.15) is 34.8 Å². The van der Waals surface area contributed by atoms with Crippen molar-refractivity contribution in [1.29, 1.82) is 0 Å². The first-order valence-corrected chi connectivity index (χ1v) is 6.28. The number of hydrogen-bond donors (Lipinski definition) is 0. The van der Waals surface area contributed by atoms with E-state index in [0.717, 1.165) is 28.9 Å². The van der Waals surface area contributed by atoms with Gasteiger partial charge in [-0.05, 0) is 23.6 Å². The van der Waals surface area contributed by atoms with Gasteiger partial charge in [0.15, 0.2) is 0 Å². The van der Waals surface area contributed by atoms with Gasteiger partial charge < -0.3 is 0 Å². The number of thioether (sulfide) groups is 1. The van der Waals surface area contributed by atoms with E-state index in [1.54, 1.807) is 12.2 Å². The molecule has 0 aliphatic carbocycles. The summed E-state index contributed by atoms with van der Waals surface area (Å²) >= 11 is 1.36. The summed E-state index contributed by atoms with van der Waals surface area (Å²) in [5.74, 6) is 0.855. The Morgan fingerprint density at radius 1 is 1.38 bits per heavy atom. The van der Waals surface area contributed by atoms with Crippen LogP contribution in [0.2, 0.25) is 0 Å². The summed E-state index contributed by atoms with van der Waals surface area (Å²) in [7, 11) is 0. The van der Waals surface area contributed by atoms with E-state index in [0.29, 0.717) is 0 Å². The topological polar surface area (TPSA) is 17.1 Å². The first kappa shape index (κ1) is 12.8. The van der Waals surface area contributed by atoms with Crippen LogP contribution in [0.3, 0.4) is 0 Å². The number of rotatable bonds is 5. The van der Waals surface area contributed by atoms with E-state index in [1.165, 1.54) is 11.8 Å². The van der Waals surface area contributed by atoms with Crippen molar-refractivity contribution >= 4 is 29.0 Å². The van der Waals surface area contributed by atoms with Crippen molar-refractivity contribution in [2.24, 2.45) is 0 Å². The third-order valence-corrected chi connectivity index (χ3v) is 3.32. The molecule has 1 aromatic rings. The summed E-state index contributed by atoms with van der Waals surface area (Å²) in [5, 5.41) is 0.112. The monoisotopic (exact) mass is 232 g/mol. The lowest BCUT2D eigenvalue weighted by atomic mass is 10.0. The predicted octanol–water partition coefficient (Wildman–Crippen LogP) is 4.26. The second kappa shape index (κ2) is 6.33. The van der Waals surface area contributed by atoms with Gasteiger partial charge in [0.25, 0.3) is 0 Å². The fourth-order valence-corrected chi connectivity index (χ4v) is 2.16. The van der Waals surface area contributed by atoms with Crippen LogP contribution in [0, 0.1) is 0 Å². The van der Waals surface area contributed by atoms with E-state index in [9.17, 15) is 4.79 Å². The molecule has 0 radical (unpaired) electrons. The first-order chi connectivity index (χ1) is 7.74. The molecule has 16 heavy (non-hydrogen) atoms. The molecule has 0 aromatic heterocycles. The summed E-state index contributed by atoms with van der Waals surface area (Å²) < 4.78 is 0. The van der Waals surface area contributed by atoms with Crippen molar-refractivity contribution < 1.29 is 4.79 Å². The first-order valence-electron chi connectivity index (χ1n) is 5.29. The van der Waals surface area contributed by atoms with Gasteiger partial charge >= 0.3 is 0 Å². The number of carbonyl (C=O) groups excluding carboxylic acids is 1. The molecular formula is C14H16OS. The molecule has 0 unspecified atom stereocenters. The molecule has 1 aromatic carbocycles. The Kier molecular flexibility index (Phi) is 5.06. The van der Waals surface area contributed by atoms with Crippen LogP contribution >= 0.6 is 11.8 Å². The summed E-state index contributed by atoms with van der Waals surface area (Å²) in [4.78, 5) is 11.9. The molecular weight excluding hydrogens is 216 g/mol. The van der Waals surface area contributed by atoms with Crippen LogP contribution < -0.4 is 0 Å². The fraction of sp³-hybridized carbons (Fsp3) is 0.214. The standard InChI is InChI=1S/C14H16OS/c1-4-10-16-14(15)13-9-7-8-11(5-2)12(13)6-3/h5-9H,2-4,10H2,1H3. The zero-order valence-electron chi connectivity index (χ0n) is 9.53. The number of hydrogen-bond acceptors (Lipinski definition) is 2. The molecule has 2 heteroatoms. The van der Waals surface area contributed by atoms with Gasteiger partial charge in [-0.15, -0.1) is 0 Å². The zero-order valence-corrected chi connectivity index (χ0v) is 10.3. The molecule has 84 valence electrons. The second-order valence-corrected chi connectivity index (χ2v) is 4.42. The van der Waals surface area contributed by atoms with Crippen molar-refractivity contribution in [3.05, 3.63) is 48.0 Å². The Morgan fingerprint density at radius 2 is 2.12 bits per heavy atom. The van der Waals surface area contributed by atoms with Crippen LogP contribution in [0.15, 0.2) is 31.4 Å². The highest BCUT2D eigenvalue weighted by atomic mass is 32.2. The maximum atomic E-state index is 11.9. The van der Waals surface area contributed by atoms with Gasteiger partial charge in [-0.1, -0.05) is 56.1 Å². The minimum Gasteiger partial charge on any atom is -0.282 e. The third kappa shape index (κ3) is 2.86. The Hall–Kier alpha value is -1.28. The van der Waals surface area contributed by atoms with Gasteiger partial charge in [0.05, 0.1) is 0 Å². The van der Waals surface area contributed by atoms with Crippen molar-refractivity contribution in [3.63, 3.8) is 0 Å². The minimum absolute atomic E-state index is 0.112. The highest BCUT2D eigenvalue weighted by Crippen LogP contribution is 2.22. The molecule has 1 rings (SSSR count). The molecule has 1 nitrogen and oxygen atoms in total. The second-order valence-electron chi connectivity index (χ2n) is 3.35. The highest BCUT2D eigenvalue weighted by Gasteiger charge is 2.11. The van der Waals surface area contributed by atoms with Gasteiger partial charge in [-0.25, -0.2) is 0 Å². The van der Waals surface area contributed by atoms with Crippen LogP contribution in [0.4, 0.5) is 0 Å². The smallest absolute Gasteiger partial charge is 0.219 e. The molecule has 0 spiro atoms. The third-order valence-electron chi connectivity index (χ3n) is 2.22. The van der Waals surface area contributed by atoms with Crippen LogP contribution in [-0.4, -0.2) is 10.9 Å². The molecule has 0 fully saturated rings. The fourth-order valence-electron chi connectivity index (χ4n) is 1.44. The maximum absolute atomic E-state index is 11.9. The van der Waals surface area contributed by atoms with Crippen LogP contribution in [0.5, 0.6) is 0 Å². The summed E-state index contributed by atoms with van der Waals surface area (Å²) in [5.41, 5.74) is 2.56. The van der Waals surface area contributed by atoms with E-state index < -0.39 is 0 Å². The molecule has 0 atom stereocenters. The van der Waals surface area contributed by atoms with Crippen molar-refractivity contribution in [2.45, 2.75) is 13.3 Å². The van der Waals surface area contributed by atoms with E-state index in [-0.39, 0.29) is 5.12 Å². The van der Waals surface area contributed by atoms with Crippen LogP contribution in [0.25, 0.3) is 12.2 Å². The van der Waals surface area contributed by atoms with Crippen molar-refractivity contribution in [1.82, 2.24) is 0 Å². The largest absolute Gasteiger partial charge is 0.282 e. The summed E-state index contributed by atoms with van der Waals surface area (Å²) in [6.07, 6.45) is 4.47. The normalized spacial score (nSPS) is 9.81. The average Bonchev–Trinajstić information content (AvgIpc) is 2.34. The Morgan fingerprint density at radius 3 is 2.69 bits per heavy atom. The highest BCUT2D eigenvalue weighted by molar-refractivity contribution is 8.14. The predicted molar refractivity (Wildman–Crippen MR) is 73.7 cm³/mol.